The van der Waals surface area contributed by atoms with E-state index >= 15 is 0 Å². The van der Waals surface area contributed by atoms with Crippen molar-refractivity contribution < 1.29 is 124 Å². The molecule has 1 saturated carbocycles. The third kappa shape index (κ3) is 33.6. The lowest BCUT2D eigenvalue weighted by Crippen LogP contribution is -2.61. The predicted molar refractivity (Wildman–Crippen MR) is 481 cm³/mol. The van der Waals surface area contributed by atoms with Gasteiger partial charge in [-0.3, -0.25) is 24.0 Å². The molecule has 708 valence electrons. The molecule has 4 aliphatic heterocycles. The number of nitrogens with zero attached hydrogens (tertiary/aromatic N) is 3. The quantitative estimate of drug-likeness (QED) is 0.0135. The maximum Gasteiger partial charge on any atom is 0.329 e. The molecule has 0 spiro atoms. The molecule has 127 heavy (non-hydrogen) atoms. The Hall–Kier alpha value is -7.19. The van der Waals surface area contributed by atoms with Crippen molar-refractivity contribution in [2.75, 3.05) is 158 Å². The van der Waals surface area contributed by atoms with Gasteiger partial charge in [0.2, 0.25) is 5.79 Å². The molecule has 0 radical (unpaired) electrons. The van der Waals surface area contributed by atoms with E-state index < -0.39 is 105 Å². The summed E-state index contributed by atoms with van der Waals surface area (Å²) in [5.41, 5.74) is 10.5. The summed E-state index contributed by atoms with van der Waals surface area (Å²) in [7, 11) is 0.628. The molecule has 5 N–H and O–H groups in total. The number of aliphatic hydroxyl groups excluding tert-OH is 2. The number of nitrogen functional groups attached to an aromatic ring is 1. The number of allylic oxidation sites excluding steroid dienone is 5. The van der Waals surface area contributed by atoms with Gasteiger partial charge >= 0.3 is 5.97 Å². The van der Waals surface area contributed by atoms with Crippen LogP contribution in [0, 0.1) is 42.4 Å². The molecule has 5 aliphatic rings. The van der Waals surface area contributed by atoms with E-state index in [-0.39, 0.29) is 105 Å². The molecule has 32 heteroatoms. The Morgan fingerprint density at radius 2 is 1.33 bits per heavy atom. The van der Waals surface area contributed by atoms with Crippen LogP contribution in [0.25, 0.3) is 11.1 Å². The number of aryl methyl sites for hydroxylation is 1. The minimum absolute atomic E-state index is 0.00173. The number of amides is 2. The van der Waals surface area contributed by atoms with E-state index in [9.17, 15) is 52.5 Å². The van der Waals surface area contributed by atoms with Gasteiger partial charge in [-0.2, -0.15) is 0 Å². The Bertz CT molecular complexity index is 4200. The van der Waals surface area contributed by atoms with Crippen molar-refractivity contribution in [2.45, 2.75) is 224 Å². The molecule has 0 unspecified atom stereocenters. The van der Waals surface area contributed by atoms with Gasteiger partial charge in [-0.25, -0.2) is 18.2 Å². The van der Waals surface area contributed by atoms with Crippen LogP contribution in [0.1, 0.15) is 166 Å². The first-order chi connectivity index (χ1) is 60.9. The van der Waals surface area contributed by atoms with Crippen molar-refractivity contribution in [3.05, 3.63) is 119 Å². The minimum Gasteiger partial charge on any atom is -0.491 e. The Morgan fingerprint density at radius 3 is 1.95 bits per heavy atom. The number of pyridine rings is 1. The number of cyclic esters (lactones) is 1. The molecule has 3 fully saturated rings. The summed E-state index contributed by atoms with van der Waals surface area (Å²) in [6.45, 7) is 21.0. The van der Waals surface area contributed by atoms with Gasteiger partial charge in [0.25, 0.3) is 17.6 Å². The highest BCUT2D eigenvalue weighted by atomic mass is 32.2. The minimum atomic E-state index is -3.99. The normalized spacial score (nSPS) is 27.6. The first-order valence-electron chi connectivity index (χ1n) is 45.0. The van der Waals surface area contributed by atoms with Gasteiger partial charge in [0.05, 0.1) is 135 Å². The van der Waals surface area contributed by atoms with Crippen LogP contribution in [0.2, 0.25) is 0 Å². The zero-order valence-corrected chi connectivity index (χ0v) is 77.9. The molecule has 2 saturated heterocycles. The molecule has 1 aliphatic carbocycles. The third-order valence-corrected chi connectivity index (χ3v) is 26.3. The summed E-state index contributed by atoms with van der Waals surface area (Å²) in [6, 6.07) is 12.5. The van der Waals surface area contributed by atoms with Gasteiger partial charge in [-0.05, 0) is 186 Å². The van der Waals surface area contributed by atoms with Gasteiger partial charge in [-0.15, -0.1) is 0 Å². The summed E-state index contributed by atoms with van der Waals surface area (Å²) >= 11 is 5.73. The van der Waals surface area contributed by atoms with Gasteiger partial charge in [-0.1, -0.05) is 77.1 Å². The number of piperidine rings is 1. The predicted octanol–water partition coefficient (Wildman–Crippen LogP) is 10.7. The van der Waals surface area contributed by atoms with Crippen LogP contribution in [-0.2, 0) is 107 Å². The smallest absolute Gasteiger partial charge is 0.329 e. The van der Waals surface area contributed by atoms with Crippen molar-refractivity contribution >= 4 is 68.1 Å². The van der Waals surface area contributed by atoms with Crippen LogP contribution in [0.3, 0.4) is 0 Å². The third-order valence-electron chi connectivity index (χ3n) is 24.3. The average Bonchev–Trinajstić information content (AvgIpc) is 0.947. The van der Waals surface area contributed by atoms with E-state index in [2.05, 4.69) is 4.98 Å². The SMILES string of the molecule is CO[C@H]1C[C@@H]2CC[C@@H](C)[C@@](O)(O2)C(=O)C(=O)N2CCCC[C@H]2C(=O)O[C@H]([C@H](C)C[C@@H]2CC[C@@H](OC(=S)CCCOCCOCCOCCOCCOCCOCCOCCOCCC(=O)CS(=O)(=O)c3ccc(C(=O)N4CCOc5ccc(-c6ccc(N)nc6)cc5C4)c(C)c3)[C@H](OC)C2)C[C@@H](O)[C@H](C)/C=C(\C)[C@@H](O)[C@@H](OC)C(=O)[C@H](C)C[C@H](C)/C=C/C=C/C=C/1C. The van der Waals surface area contributed by atoms with E-state index in [1.165, 1.54) is 30.2 Å². The number of Topliss-reactive ketones (excluding diaryl/α,β-unsaturated/α-hetero) is 3. The highest BCUT2D eigenvalue weighted by molar-refractivity contribution is 7.92. The molecule has 3 aromatic rings. The number of hydrogen-bond donors (Lipinski definition) is 4. The lowest BCUT2D eigenvalue weighted by atomic mass is 9.78. The number of sulfone groups is 1. The monoisotopic (exact) mass is 1820 g/mol. The molecule has 8 rings (SSSR count). The lowest BCUT2D eigenvalue weighted by Gasteiger charge is -2.43. The van der Waals surface area contributed by atoms with Gasteiger partial charge in [0, 0.05) is 107 Å². The van der Waals surface area contributed by atoms with E-state index in [1.54, 1.807) is 65.2 Å². The molecule has 2 aromatic carbocycles. The number of thiocarbonyl (C=S) groups is 1. The highest BCUT2D eigenvalue weighted by Gasteiger charge is 2.53. The first-order valence-corrected chi connectivity index (χ1v) is 47.1. The van der Waals surface area contributed by atoms with Crippen molar-refractivity contribution in [1.82, 2.24) is 14.8 Å². The van der Waals surface area contributed by atoms with Crippen LogP contribution in [0.5, 0.6) is 5.75 Å². The Balaban J connectivity index is 0.655. The fourth-order valence-corrected chi connectivity index (χ4v) is 18.3. The van der Waals surface area contributed by atoms with Gasteiger partial charge < -0.3 is 102 Å². The standard InChI is InChI=1S/C95H140N4O26S2/c1-63-18-13-12-14-19-64(2)83(111-9)58-76-26-22-70(8)95(108,125-76)91(104)93(106)99-33-16-15-20-79(99)94(107)124-84(59-80(101)66(4)53-69(7)89(103)90(113-11)88(102)68(6)52-63)67(5)54-71-23-29-82(85(56-71)112-10)123-87(126)21-17-35-114-38-40-116-42-44-118-46-48-120-50-51-121-49-47-119-45-43-117-41-39-115-36-32-75(100)62-127(109,110)77-27-28-78(65(3)55-77)92(105)98-34-37-122-81-30-24-72(57-74(81)61-98)73-25-31-86(96)97-60-73/h12-14,18-19,24-25,27-28,30-31,53,55,57,60,63,66-68,70-71,76,79-80,82-85,89-90,101,103,108H,15-17,20-23,26,29,32-52,54,56,58-59,61-62H2,1-11H3,(H2,96,97)/b14-12+,18-13+,64-19+,69-53+/t63-,66-,67-,68-,70-,71+,76+,79+,80-,82-,83+,84+,85-,89-,90+,95-/m1/s1. The van der Waals surface area contributed by atoms with Crippen molar-refractivity contribution in [2.24, 2.45) is 35.5 Å². The zero-order valence-electron chi connectivity index (χ0n) is 76.2. The van der Waals surface area contributed by atoms with E-state index in [1.807, 2.05) is 82.3 Å². The second-order valence-electron chi connectivity index (χ2n) is 34.2. The number of aliphatic hydroxyl groups is 3. The first kappa shape index (κ1) is 105. The number of aromatic nitrogens is 1. The van der Waals surface area contributed by atoms with E-state index in [0.29, 0.717) is 196 Å². The number of fused-ring (bicyclic) bond motifs is 4. The van der Waals surface area contributed by atoms with Crippen LogP contribution >= 0.6 is 12.2 Å². The summed E-state index contributed by atoms with van der Waals surface area (Å²) in [5.74, 6) is -8.05. The number of ketones is 3. The number of nitrogens with two attached hydrogens (primary N) is 1. The average molecular weight is 1820 g/mol. The van der Waals surface area contributed by atoms with Gasteiger partial charge in [0.15, 0.2) is 26.5 Å². The molecule has 1 aromatic heterocycles. The van der Waals surface area contributed by atoms with Crippen LogP contribution in [0.4, 0.5) is 5.82 Å². The number of carbonyl (C=O) groups excluding carboxylic acids is 6. The number of ether oxygens (including phenoxy) is 15. The molecule has 2 amide bonds. The van der Waals surface area contributed by atoms with Crippen LogP contribution in [-0.4, -0.2) is 292 Å². The topological polar surface area (TPSA) is 381 Å². The lowest BCUT2D eigenvalue weighted by molar-refractivity contribution is -0.265. The molecule has 2 bridgehead atoms. The second kappa shape index (κ2) is 54.6. The van der Waals surface area contributed by atoms with Crippen LogP contribution < -0.4 is 10.5 Å². The maximum absolute atomic E-state index is 14.8. The van der Waals surface area contributed by atoms with Gasteiger partial charge in [0.1, 0.15) is 54.4 Å². The zero-order chi connectivity index (χ0) is 92.0. The molecule has 5 heterocycles. The fourth-order valence-electron chi connectivity index (χ4n) is 16.7. The summed E-state index contributed by atoms with van der Waals surface area (Å²) in [6.07, 6.45) is 13.4. The molecule has 30 nitrogen and oxygen atoms in total. The summed E-state index contributed by atoms with van der Waals surface area (Å²) in [4.78, 5) is 91.4. The van der Waals surface area contributed by atoms with Crippen molar-refractivity contribution in [3.8, 4) is 16.9 Å². The largest absolute Gasteiger partial charge is 0.491 e. The Kier molecular flexibility index (Phi) is 45.2. The number of rotatable bonds is 40. The van der Waals surface area contributed by atoms with Crippen molar-refractivity contribution in [3.63, 3.8) is 0 Å². The fraction of sp³-hybridized carbons (Fsp3) is 0.663. The summed E-state index contributed by atoms with van der Waals surface area (Å²) in [5, 5.41) is 36.4. The molecular formula is C95H140N4O26S2. The highest BCUT2D eigenvalue weighted by Crippen LogP contribution is 2.40. The summed E-state index contributed by atoms with van der Waals surface area (Å²) < 4.78 is 114. The number of anilines is 1. The molecule has 16 atom stereocenters. The number of benzene rings is 2. The second-order valence-corrected chi connectivity index (χ2v) is 36.6. The van der Waals surface area contributed by atoms with Crippen molar-refractivity contribution in [1.29, 1.82) is 0 Å². The Labute approximate surface area is 755 Å². The number of carbonyl (C=O) groups is 6. The van der Waals surface area contributed by atoms with E-state index in [4.69, 9.17) is 89.0 Å². The van der Waals surface area contributed by atoms with E-state index in [0.717, 1.165) is 28.7 Å². The number of esters is 1. The molecular weight excluding hydrogens is 1680 g/mol. The number of methoxy groups -OCH3 is 3. The Morgan fingerprint density at radius 1 is 0.685 bits per heavy atom. The maximum atomic E-state index is 14.8. The number of hydrogen-bond acceptors (Lipinski definition) is 29. The van der Waals surface area contributed by atoms with Crippen LogP contribution in [0.15, 0.2) is 107 Å².